The summed E-state index contributed by atoms with van der Waals surface area (Å²) in [5, 5.41) is 2.92. The Labute approximate surface area is 101 Å². The molecule has 1 aromatic heterocycles. The topological polar surface area (TPSA) is 77.2 Å². The molecule has 1 heterocycles. The van der Waals surface area contributed by atoms with Gasteiger partial charge in [-0.15, -0.1) is 0 Å². The zero-order chi connectivity index (χ0) is 12.7. The summed E-state index contributed by atoms with van der Waals surface area (Å²) in [5.41, 5.74) is 6.05. The number of hydrogen-bond acceptors (Lipinski definition) is 4. The van der Waals surface area contributed by atoms with Crippen LogP contribution in [-0.2, 0) is 4.74 Å². The van der Waals surface area contributed by atoms with Crippen LogP contribution in [0.2, 0.25) is 0 Å². The van der Waals surface area contributed by atoms with E-state index in [1.165, 1.54) is 6.20 Å². The Balaban J connectivity index is 2.63. The predicted octanol–water partition coefficient (Wildman–Crippen LogP) is 1.21. The van der Waals surface area contributed by atoms with E-state index in [9.17, 15) is 4.79 Å². The molecule has 0 saturated carbocycles. The van der Waals surface area contributed by atoms with E-state index in [1.807, 2.05) is 0 Å². The van der Waals surface area contributed by atoms with Gasteiger partial charge in [0.2, 0.25) is 0 Å². The van der Waals surface area contributed by atoms with Crippen molar-refractivity contribution >= 4 is 11.7 Å². The second-order valence-corrected chi connectivity index (χ2v) is 3.88. The summed E-state index contributed by atoms with van der Waals surface area (Å²) in [5.74, 6) is 0.200. The Bertz CT molecular complexity index is 363. The molecule has 5 heteroatoms. The van der Waals surface area contributed by atoms with Crippen molar-refractivity contribution in [2.75, 3.05) is 19.5 Å². The second-order valence-electron chi connectivity index (χ2n) is 3.88. The highest BCUT2D eigenvalue weighted by atomic mass is 16.5. The minimum Gasteiger partial charge on any atom is -0.384 e. The fourth-order valence-electron chi connectivity index (χ4n) is 1.61. The molecule has 0 aliphatic carbocycles. The maximum Gasteiger partial charge on any atom is 0.251 e. The van der Waals surface area contributed by atoms with E-state index in [0.29, 0.717) is 18.0 Å². The van der Waals surface area contributed by atoms with Gasteiger partial charge in [-0.2, -0.15) is 0 Å². The molecule has 0 spiro atoms. The Kier molecular flexibility index (Phi) is 5.42. The summed E-state index contributed by atoms with van der Waals surface area (Å²) in [6, 6.07) is 3.24. The maximum absolute atomic E-state index is 11.9. The molecular weight excluding hydrogens is 218 g/mol. The molecule has 0 aromatic carbocycles. The number of ether oxygens (including phenoxy) is 1. The van der Waals surface area contributed by atoms with Gasteiger partial charge in [0, 0.05) is 18.9 Å². The third-order valence-corrected chi connectivity index (χ3v) is 2.38. The zero-order valence-corrected chi connectivity index (χ0v) is 10.3. The fourth-order valence-corrected chi connectivity index (χ4v) is 1.61. The summed E-state index contributed by atoms with van der Waals surface area (Å²) in [6.07, 6.45) is 3.41. The SMILES string of the molecule is CCCC(COC)NC(=O)c1ccnc(N)c1. The van der Waals surface area contributed by atoms with Gasteiger partial charge in [0.05, 0.1) is 12.6 Å². The van der Waals surface area contributed by atoms with Crippen LogP contribution in [0.25, 0.3) is 0 Å². The van der Waals surface area contributed by atoms with E-state index >= 15 is 0 Å². The standard InChI is InChI=1S/C12H19N3O2/c1-3-4-10(8-17-2)15-12(16)9-5-6-14-11(13)7-9/h5-7,10H,3-4,8H2,1-2H3,(H2,13,14)(H,15,16). The average molecular weight is 237 g/mol. The van der Waals surface area contributed by atoms with E-state index in [1.54, 1.807) is 19.2 Å². The molecule has 94 valence electrons. The van der Waals surface area contributed by atoms with Crippen LogP contribution >= 0.6 is 0 Å². The highest BCUT2D eigenvalue weighted by molar-refractivity contribution is 5.94. The smallest absolute Gasteiger partial charge is 0.251 e. The Morgan fingerprint density at radius 3 is 3.00 bits per heavy atom. The number of carbonyl (C=O) groups excluding carboxylic acids is 1. The lowest BCUT2D eigenvalue weighted by molar-refractivity contribution is 0.0891. The molecular formula is C12H19N3O2. The quantitative estimate of drug-likeness (QED) is 0.779. The van der Waals surface area contributed by atoms with Crippen molar-refractivity contribution in [2.45, 2.75) is 25.8 Å². The number of aromatic nitrogens is 1. The lowest BCUT2D eigenvalue weighted by Crippen LogP contribution is -2.37. The second kappa shape index (κ2) is 6.85. The van der Waals surface area contributed by atoms with Gasteiger partial charge in [-0.25, -0.2) is 4.98 Å². The van der Waals surface area contributed by atoms with Gasteiger partial charge in [0.15, 0.2) is 0 Å². The number of nitrogen functional groups attached to an aromatic ring is 1. The van der Waals surface area contributed by atoms with Gasteiger partial charge in [0.25, 0.3) is 5.91 Å². The first-order chi connectivity index (χ1) is 8.17. The number of rotatable bonds is 6. The average Bonchev–Trinajstić information content (AvgIpc) is 2.29. The van der Waals surface area contributed by atoms with Crippen LogP contribution in [0.15, 0.2) is 18.3 Å². The van der Waals surface area contributed by atoms with Gasteiger partial charge in [-0.05, 0) is 18.6 Å². The number of methoxy groups -OCH3 is 1. The van der Waals surface area contributed by atoms with Gasteiger partial charge in [-0.1, -0.05) is 13.3 Å². The van der Waals surface area contributed by atoms with Gasteiger partial charge < -0.3 is 15.8 Å². The van der Waals surface area contributed by atoms with Crippen LogP contribution in [-0.4, -0.2) is 30.6 Å². The monoisotopic (exact) mass is 237 g/mol. The van der Waals surface area contributed by atoms with E-state index in [-0.39, 0.29) is 11.9 Å². The summed E-state index contributed by atoms with van der Waals surface area (Å²) < 4.78 is 5.07. The molecule has 5 nitrogen and oxygen atoms in total. The lowest BCUT2D eigenvalue weighted by atomic mass is 10.1. The van der Waals surface area contributed by atoms with E-state index in [0.717, 1.165) is 12.8 Å². The number of carbonyl (C=O) groups is 1. The van der Waals surface area contributed by atoms with Gasteiger partial charge in [-0.3, -0.25) is 4.79 Å². The van der Waals surface area contributed by atoms with Gasteiger partial charge in [0.1, 0.15) is 5.82 Å². The summed E-state index contributed by atoms with van der Waals surface area (Å²) in [4.78, 5) is 15.8. The summed E-state index contributed by atoms with van der Waals surface area (Å²) in [7, 11) is 1.62. The minimum absolute atomic E-state index is 0.0342. The molecule has 0 fully saturated rings. The fraction of sp³-hybridized carbons (Fsp3) is 0.500. The molecule has 1 aromatic rings. The van der Waals surface area contributed by atoms with Gasteiger partial charge >= 0.3 is 0 Å². The van der Waals surface area contributed by atoms with E-state index in [4.69, 9.17) is 10.5 Å². The molecule has 1 atom stereocenters. The minimum atomic E-state index is -0.144. The van der Waals surface area contributed by atoms with E-state index < -0.39 is 0 Å². The number of hydrogen-bond donors (Lipinski definition) is 2. The van der Waals surface area contributed by atoms with Crippen LogP contribution in [0.1, 0.15) is 30.1 Å². The van der Waals surface area contributed by atoms with Crippen LogP contribution < -0.4 is 11.1 Å². The predicted molar refractivity (Wildman–Crippen MR) is 66.7 cm³/mol. The summed E-state index contributed by atoms with van der Waals surface area (Å²) in [6.45, 7) is 2.58. The molecule has 3 N–H and O–H groups in total. The normalized spacial score (nSPS) is 12.1. The van der Waals surface area contributed by atoms with Crippen LogP contribution in [0.3, 0.4) is 0 Å². The number of anilines is 1. The van der Waals surface area contributed by atoms with Crippen molar-refractivity contribution in [3.8, 4) is 0 Å². The number of nitrogens with two attached hydrogens (primary N) is 1. The zero-order valence-electron chi connectivity index (χ0n) is 10.3. The largest absolute Gasteiger partial charge is 0.384 e. The molecule has 0 saturated heterocycles. The Hall–Kier alpha value is -1.62. The molecule has 1 amide bonds. The van der Waals surface area contributed by atoms with Crippen LogP contribution in [0, 0.1) is 0 Å². The molecule has 0 aliphatic heterocycles. The number of nitrogens with one attached hydrogen (secondary N) is 1. The van der Waals surface area contributed by atoms with Crippen molar-refractivity contribution in [2.24, 2.45) is 0 Å². The van der Waals surface area contributed by atoms with Crippen molar-refractivity contribution in [3.63, 3.8) is 0 Å². The third kappa shape index (κ3) is 4.40. The number of nitrogens with zero attached hydrogens (tertiary/aromatic N) is 1. The molecule has 17 heavy (non-hydrogen) atoms. The first kappa shape index (κ1) is 13.4. The Morgan fingerprint density at radius 2 is 2.41 bits per heavy atom. The van der Waals surface area contributed by atoms with Crippen molar-refractivity contribution in [1.29, 1.82) is 0 Å². The van der Waals surface area contributed by atoms with Crippen molar-refractivity contribution in [3.05, 3.63) is 23.9 Å². The molecule has 0 radical (unpaired) electrons. The number of pyridine rings is 1. The molecule has 0 bridgehead atoms. The Morgan fingerprint density at radius 1 is 1.65 bits per heavy atom. The first-order valence-electron chi connectivity index (χ1n) is 5.68. The summed E-state index contributed by atoms with van der Waals surface area (Å²) >= 11 is 0. The van der Waals surface area contributed by atoms with Crippen LogP contribution in [0.4, 0.5) is 5.82 Å². The van der Waals surface area contributed by atoms with E-state index in [2.05, 4.69) is 17.2 Å². The van der Waals surface area contributed by atoms with Crippen molar-refractivity contribution < 1.29 is 9.53 Å². The molecule has 1 rings (SSSR count). The highest BCUT2D eigenvalue weighted by Crippen LogP contribution is 2.05. The molecule has 1 unspecified atom stereocenters. The highest BCUT2D eigenvalue weighted by Gasteiger charge is 2.13. The molecule has 0 aliphatic rings. The van der Waals surface area contributed by atoms with Crippen LogP contribution in [0.5, 0.6) is 0 Å². The van der Waals surface area contributed by atoms with Crippen molar-refractivity contribution in [1.82, 2.24) is 10.3 Å². The maximum atomic E-state index is 11.9. The first-order valence-corrected chi connectivity index (χ1v) is 5.68. The third-order valence-electron chi connectivity index (χ3n) is 2.38. The lowest BCUT2D eigenvalue weighted by Gasteiger charge is -2.17. The number of amides is 1.